The average Bonchev–Trinajstić information content (AvgIpc) is 2.62. The maximum atomic E-state index is 13.0. The smallest absolute Gasteiger partial charge is 0.174 e. The molecule has 2 aliphatic carbocycles. The number of fused-ring (bicyclic) bond motifs is 1. The zero-order valence-electron chi connectivity index (χ0n) is 14.7. The number of rotatable bonds is 4. The second-order valence-corrected chi connectivity index (χ2v) is 8.11. The second-order valence-electron chi connectivity index (χ2n) is 6.80. The Balaban J connectivity index is 2.25. The number of alkyl halides is 1. The van der Waals surface area contributed by atoms with E-state index >= 15 is 0 Å². The minimum Gasteiger partial charge on any atom is -0.507 e. The first-order chi connectivity index (χ1) is 12.4. The number of carbonyl (C=O) groups excluding carboxylic acids is 2. The molecule has 26 heavy (non-hydrogen) atoms. The molecule has 4 heteroatoms. The number of Topliss-reactive ketones (excluding diaryl/α,β-unsaturated/α-hetero) is 1. The molecule has 2 aliphatic rings. The van der Waals surface area contributed by atoms with Crippen molar-refractivity contribution in [3.8, 4) is 5.75 Å². The highest BCUT2D eigenvalue weighted by Gasteiger charge is 2.56. The fraction of sp³-hybridized carbons (Fsp3) is 0.273. The van der Waals surface area contributed by atoms with Gasteiger partial charge in [-0.3, -0.25) is 9.59 Å². The maximum absolute atomic E-state index is 13.0. The van der Waals surface area contributed by atoms with Crippen molar-refractivity contribution in [1.82, 2.24) is 0 Å². The largest absolute Gasteiger partial charge is 0.507 e. The zero-order chi connectivity index (χ0) is 19.1. The third kappa shape index (κ3) is 2.64. The summed E-state index contributed by atoms with van der Waals surface area (Å²) < 4.78 is -1.12. The van der Waals surface area contributed by atoms with Gasteiger partial charge in [-0.15, -0.1) is 6.58 Å². The average molecular weight is 413 g/mol. The van der Waals surface area contributed by atoms with Crippen molar-refractivity contribution in [2.75, 3.05) is 0 Å². The van der Waals surface area contributed by atoms with E-state index < -0.39 is 16.2 Å². The number of hydrogen-bond acceptors (Lipinski definition) is 3. The first kappa shape index (κ1) is 18.6. The molecule has 0 spiro atoms. The van der Waals surface area contributed by atoms with E-state index in [4.69, 9.17) is 0 Å². The molecule has 0 bridgehead atoms. The van der Waals surface area contributed by atoms with E-state index in [1.807, 2.05) is 18.2 Å². The molecular weight excluding hydrogens is 392 g/mol. The number of halogens is 1. The van der Waals surface area contributed by atoms with Gasteiger partial charge in [0, 0.05) is 17.4 Å². The van der Waals surface area contributed by atoms with E-state index in [9.17, 15) is 14.7 Å². The molecule has 0 aromatic heterocycles. The lowest BCUT2D eigenvalue weighted by molar-refractivity contribution is -0.128. The van der Waals surface area contributed by atoms with Crippen LogP contribution < -0.4 is 0 Å². The Morgan fingerprint density at radius 2 is 2.08 bits per heavy atom. The van der Waals surface area contributed by atoms with Gasteiger partial charge in [-0.2, -0.15) is 0 Å². The van der Waals surface area contributed by atoms with E-state index in [0.717, 1.165) is 11.1 Å². The van der Waals surface area contributed by atoms with Gasteiger partial charge in [0.25, 0.3) is 0 Å². The Kier molecular flexibility index (Phi) is 4.89. The number of para-hydroxylation sites is 1. The van der Waals surface area contributed by atoms with Gasteiger partial charge in [0.05, 0.1) is 0 Å². The van der Waals surface area contributed by atoms with Crippen LogP contribution in [-0.2, 0) is 16.0 Å². The summed E-state index contributed by atoms with van der Waals surface area (Å²) in [5.41, 5.74) is 2.67. The van der Waals surface area contributed by atoms with Crippen molar-refractivity contribution in [2.24, 2.45) is 5.92 Å². The lowest BCUT2D eigenvalue weighted by atomic mass is 9.62. The van der Waals surface area contributed by atoms with Crippen LogP contribution in [0, 0.1) is 5.92 Å². The molecule has 0 saturated carbocycles. The van der Waals surface area contributed by atoms with Gasteiger partial charge in [-0.25, -0.2) is 0 Å². The second kappa shape index (κ2) is 6.84. The van der Waals surface area contributed by atoms with Gasteiger partial charge in [0.15, 0.2) is 11.6 Å². The Hall–Kier alpha value is -2.20. The van der Waals surface area contributed by atoms with Crippen LogP contribution in [0.1, 0.15) is 30.4 Å². The van der Waals surface area contributed by atoms with Crippen LogP contribution in [0.3, 0.4) is 0 Å². The van der Waals surface area contributed by atoms with E-state index in [2.05, 4.69) is 29.1 Å². The van der Waals surface area contributed by atoms with Gasteiger partial charge in [0.2, 0.25) is 0 Å². The predicted octanol–water partition coefficient (Wildman–Crippen LogP) is 4.57. The van der Waals surface area contributed by atoms with Gasteiger partial charge < -0.3 is 5.11 Å². The van der Waals surface area contributed by atoms with Crippen LogP contribution >= 0.6 is 15.9 Å². The van der Waals surface area contributed by atoms with E-state index in [1.165, 1.54) is 6.08 Å². The molecule has 1 N–H and O–H groups in total. The first-order valence-electron chi connectivity index (χ1n) is 8.56. The van der Waals surface area contributed by atoms with Gasteiger partial charge in [-0.05, 0) is 42.6 Å². The Bertz CT molecular complexity index is 877. The Labute approximate surface area is 161 Å². The van der Waals surface area contributed by atoms with Gasteiger partial charge in [-0.1, -0.05) is 58.9 Å². The van der Waals surface area contributed by atoms with E-state index in [0.29, 0.717) is 24.0 Å². The summed E-state index contributed by atoms with van der Waals surface area (Å²) in [6.07, 6.45) is 7.77. The number of hydrogen-bond donors (Lipinski definition) is 1. The molecule has 3 nitrogen and oxygen atoms in total. The number of aromatic hydroxyl groups is 1. The van der Waals surface area contributed by atoms with Crippen molar-refractivity contribution >= 4 is 27.5 Å². The van der Waals surface area contributed by atoms with Crippen LogP contribution in [-0.4, -0.2) is 21.0 Å². The Morgan fingerprint density at radius 1 is 1.35 bits per heavy atom. The maximum Gasteiger partial charge on any atom is 0.174 e. The molecule has 1 aromatic carbocycles. The molecule has 0 amide bonds. The molecule has 0 heterocycles. The lowest BCUT2D eigenvalue weighted by Crippen LogP contribution is -2.52. The highest BCUT2D eigenvalue weighted by atomic mass is 79.9. The van der Waals surface area contributed by atoms with E-state index in [-0.39, 0.29) is 17.3 Å². The first-order valence-corrected chi connectivity index (χ1v) is 9.35. The Morgan fingerprint density at radius 3 is 2.73 bits per heavy atom. The summed E-state index contributed by atoms with van der Waals surface area (Å²) in [6, 6.07) is 5.49. The van der Waals surface area contributed by atoms with Crippen molar-refractivity contribution in [1.29, 1.82) is 0 Å². The normalized spacial score (nSPS) is 28.1. The third-order valence-corrected chi connectivity index (χ3v) is 6.74. The fourth-order valence-corrected chi connectivity index (χ4v) is 5.04. The molecular formula is C22H21BrO3. The summed E-state index contributed by atoms with van der Waals surface area (Å²) in [4.78, 5) is 25.8. The molecule has 3 atom stereocenters. The molecule has 0 aliphatic heterocycles. The molecule has 1 aromatic rings. The summed E-state index contributed by atoms with van der Waals surface area (Å²) in [7, 11) is 0. The number of carbonyl (C=O) groups is 2. The van der Waals surface area contributed by atoms with Crippen molar-refractivity contribution < 1.29 is 14.7 Å². The SMILES string of the molecule is C=CCc1cccc([C@H]2C(C=C)=CC[C@H]3C(=O)C(C)=CC(=O)[C@@]23Br)c1O. The summed E-state index contributed by atoms with van der Waals surface area (Å²) in [6.45, 7) is 9.28. The molecule has 0 radical (unpaired) electrons. The van der Waals surface area contributed by atoms with Crippen LogP contribution in [0.15, 0.2) is 66.8 Å². The van der Waals surface area contributed by atoms with Gasteiger partial charge >= 0.3 is 0 Å². The van der Waals surface area contributed by atoms with Gasteiger partial charge in [0.1, 0.15) is 10.1 Å². The number of phenols is 1. The fourth-order valence-electron chi connectivity index (χ4n) is 4.02. The highest BCUT2D eigenvalue weighted by molar-refractivity contribution is 9.10. The monoisotopic (exact) mass is 412 g/mol. The van der Waals surface area contributed by atoms with Crippen LogP contribution in [0.5, 0.6) is 5.75 Å². The minimum atomic E-state index is -1.12. The zero-order valence-corrected chi connectivity index (χ0v) is 16.3. The molecule has 0 unspecified atom stereocenters. The number of ketones is 2. The minimum absolute atomic E-state index is 0.0347. The van der Waals surface area contributed by atoms with E-state index in [1.54, 1.807) is 25.1 Å². The molecule has 134 valence electrons. The number of phenolic OH excluding ortho intramolecular Hbond substituents is 1. The molecule has 3 rings (SSSR count). The quantitative estimate of drug-likeness (QED) is 0.581. The van der Waals surface area contributed by atoms with Crippen LogP contribution in [0.4, 0.5) is 0 Å². The summed E-state index contributed by atoms with van der Waals surface area (Å²) in [5, 5.41) is 10.9. The standard InChI is InChI=1S/C22H21BrO3/c1-4-7-15-8-6-9-16(21(15)26)19-14(5-2)10-11-17-20(25)13(3)12-18(24)22(17,19)23/h4-6,8-10,12,17,19,26H,1-2,7,11H2,3H3/t17-,19+,22+/m0/s1. The van der Waals surface area contributed by atoms with Crippen molar-refractivity contribution in [2.45, 2.75) is 30.0 Å². The predicted molar refractivity (Wildman–Crippen MR) is 107 cm³/mol. The van der Waals surface area contributed by atoms with Crippen molar-refractivity contribution in [3.63, 3.8) is 0 Å². The van der Waals surface area contributed by atoms with Crippen LogP contribution in [0.25, 0.3) is 0 Å². The molecule has 0 saturated heterocycles. The topological polar surface area (TPSA) is 54.4 Å². The summed E-state index contributed by atoms with van der Waals surface area (Å²) >= 11 is 3.65. The highest BCUT2D eigenvalue weighted by Crippen LogP contribution is 2.55. The number of allylic oxidation sites excluding steroid dienone is 6. The molecule has 0 fully saturated rings. The summed E-state index contributed by atoms with van der Waals surface area (Å²) in [5.74, 6) is -1.05. The lowest BCUT2D eigenvalue weighted by Gasteiger charge is -2.45. The third-order valence-electron chi connectivity index (χ3n) is 5.34. The number of benzene rings is 1. The van der Waals surface area contributed by atoms with Crippen molar-refractivity contribution in [3.05, 3.63) is 77.9 Å². The van der Waals surface area contributed by atoms with Crippen LogP contribution in [0.2, 0.25) is 0 Å².